The Bertz CT molecular complexity index is 2460. The van der Waals surface area contributed by atoms with E-state index >= 15 is 0 Å². The van der Waals surface area contributed by atoms with Gasteiger partial charge >= 0.3 is 0 Å². The van der Waals surface area contributed by atoms with Crippen LogP contribution in [0.5, 0.6) is 0 Å². The topological polar surface area (TPSA) is 30.1 Å². The third-order valence-electron chi connectivity index (χ3n) is 10.0. The van der Waals surface area contributed by atoms with E-state index in [4.69, 9.17) is 16.5 Å². The summed E-state index contributed by atoms with van der Waals surface area (Å²) in [7, 11) is 0. The average molecular weight is 650 g/mol. The normalized spacial score (nSPS) is 12.5. The summed E-state index contributed by atoms with van der Waals surface area (Å²) in [6, 6.07) is 65.6. The molecule has 8 aromatic rings. The first-order valence-electron chi connectivity index (χ1n) is 17.1. The lowest BCUT2D eigenvalue weighted by molar-refractivity contribution is 0.769. The number of benzene rings is 7. The highest BCUT2D eigenvalue weighted by Crippen LogP contribution is 2.57. The molecule has 0 spiro atoms. The third-order valence-corrected chi connectivity index (χ3v) is 10.0. The largest absolute Gasteiger partial charge is 0.238 e. The molecule has 0 atom stereocenters. The standard InChI is InChI=1S/C48H31N3/c1-49-40-27-28-41-42-30-37(26-29-43(42)48(44(41)31-40,38-18-10-4-11-19-38)39-20-12-5-13-21-39)33-22-24-35(25-23-33)46-32-45(34-14-6-2-7-15-34)50-47(51-46)36-16-8-3-9-17-36/h2-32H. The Morgan fingerprint density at radius 2 is 0.902 bits per heavy atom. The Morgan fingerprint density at radius 3 is 1.49 bits per heavy atom. The molecule has 1 aliphatic rings. The van der Waals surface area contributed by atoms with Gasteiger partial charge in [0.05, 0.1) is 23.4 Å². The molecule has 1 heterocycles. The molecule has 0 radical (unpaired) electrons. The van der Waals surface area contributed by atoms with Gasteiger partial charge in [-0.2, -0.15) is 0 Å². The predicted octanol–water partition coefficient (Wildman–Crippen LogP) is 12.1. The van der Waals surface area contributed by atoms with Crippen LogP contribution in [0.2, 0.25) is 0 Å². The van der Waals surface area contributed by atoms with Gasteiger partial charge in [-0.3, -0.25) is 0 Å². The van der Waals surface area contributed by atoms with E-state index in [1.165, 1.54) is 22.3 Å². The van der Waals surface area contributed by atoms with E-state index in [1.54, 1.807) is 0 Å². The molecule has 0 N–H and O–H groups in total. The molecule has 0 aliphatic heterocycles. The SMILES string of the molecule is [C-]#[N+]c1ccc2c(c1)C(c1ccccc1)(c1ccccc1)c1ccc(-c3ccc(-c4cc(-c5ccccc5)nc(-c5ccccc5)n4)cc3)cc1-2. The van der Waals surface area contributed by atoms with Crippen LogP contribution in [-0.4, -0.2) is 9.97 Å². The zero-order valence-electron chi connectivity index (χ0n) is 27.7. The van der Waals surface area contributed by atoms with Gasteiger partial charge in [0.25, 0.3) is 0 Å². The van der Waals surface area contributed by atoms with E-state index in [0.717, 1.165) is 50.3 Å². The summed E-state index contributed by atoms with van der Waals surface area (Å²) >= 11 is 0. The van der Waals surface area contributed by atoms with E-state index < -0.39 is 5.41 Å². The lowest BCUT2D eigenvalue weighted by atomic mass is 9.67. The first kappa shape index (κ1) is 30.2. The van der Waals surface area contributed by atoms with E-state index in [-0.39, 0.29) is 0 Å². The molecule has 0 bridgehead atoms. The monoisotopic (exact) mass is 649 g/mol. The molecule has 0 unspecified atom stereocenters. The van der Waals surface area contributed by atoms with Crippen LogP contribution < -0.4 is 0 Å². The summed E-state index contributed by atoms with van der Waals surface area (Å²) < 4.78 is 0. The lowest BCUT2D eigenvalue weighted by Gasteiger charge is -2.34. The fourth-order valence-electron chi connectivity index (χ4n) is 7.63. The van der Waals surface area contributed by atoms with Crippen molar-refractivity contribution in [2.75, 3.05) is 0 Å². The van der Waals surface area contributed by atoms with Crippen LogP contribution in [-0.2, 0) is 5.41 Å². The zero-order valence-corrected chi connectivity index (χ0v) is 27.7. The molecule has 0 amide bonds. The number of hydrogen-bond donors (Lipinski definition) is 0. The van der Waals surface area contributed by atoms with Crippen LogP contribution in [0.1, 0.15) is 22.3 Å². The second-order valence-electron chi connectivity index (χ2n) is 12.9. The first-order valence-corrected chi connectivity index (χ1v) is 17.1. The summed E-state index contributed by atoms with van der Waals surface area (Å²) in [4.78, 5) is 13.8. The highest BCUT2D eigenvalue weighted by Gasteiger charge is 2.46. The van der Waals surface area contributed by atoms with Gasteiger partial charge in [-0.15, -0.1) is 0 Å². The van der Waals surface area contributed by atoms with Crippen molar-refractivity contribution < 1.29 is 0 Å². The van der Waals surface area contributed by atoms with Gasteiger partial charge in [-0.25, -0.2) is 14.8 Å². The summed E-state index contributed by atoms with van der Waals surface area (Å²) in [5.41, 5.74) is 14.3. The van der Waals surface area contributed by atoms with Crippen LogP contribution in [0.3, 0.4) is 0 Å². The van der Waals surface area contributed by atoms with Crippen molar-refractivity contribution >= 4 is 5.69 Å². The molecule has 51 heavy (non-hydrogen) atoms. The maximum absolute atomic E-state index is 7.86. The molecule has 1 aromatic heterocycles. The summed E-state index contributed by atoms with van der Waals surface area (Å²) in [5, 5.41) is 0. The van der Waals surface area contributed by atoms with Gasteiger partial charge in [0, 0.05) is 16.7 Å². The molecule has 9 rings (SSSR count). The average Bonchev–Trinajstić information content (AvgIpc) is 3.51. The number of nitrogens with zero attached hydrogens (tertiary/aromatic N) is 3. The number of aromatic nitrogens is 2. The van der Waals surface area contributed by atoms with Crippen molar-refractivity contribution in [3.63, 3.8) is 0 Å². The van der Waals surface area contributed by atoms with E-state index in [0.29, 0.717) is 11.5 Å². The molecular formula is C48H31N3. The molecule has 0 fully saturated rings. The predicted molar refractivity (Wildman–Crippen MR) is 207 cm³/mol. The zero-order chi connectivity index (χ0) is 34.2. The van der Waals surface area contributed by atoms with E-state index in [1.807, 2.05) is 42.5 Å². The minimum absolute atomic E-state index is 0.545. The van der Waals surface area contributed by atoms with Gasteiger partial charge in [0.15, 0.2) is 11.5 Å². The Kier molecular flexibility index (Phi) is 7.42. The van der Waals surface area contributed by atoms with E-state index in [9.17, 15) is 0 Å². The van der Waals surface area contributed by atoms with Crippen molar-refractivity contribution in [3.05, 3.63) is 222 Å². The van der Waals surface area contributed by atoms with E-state index in [2.05, 4.69) is 150 Å². The highest BCUT2D eigenvalue weighted by atomic mass is 14.9. The lowest BCUT2D eigenvalue weighted by Crippen LogP contribution is -2.28. The van der Waals surface area contributed by atoms with Crippen molar-refractivity contribution in [2.24, 2.45) is 0 Å². The Balaban J connectivity index is 1.16. The smallest absolute Gasteiger partial charge is 0.187 e. The van der Waals surface area contributed by atoms with Gasteiger partial charge in [-0.05, 0) is 56.6 Å². The maximum atomic E-state index is 7.86. The van der Waals surface area contributed by atoms with Crippen molar-refractivity contribution in [1.29, 1.82) is 0 Å². The molecule has 238 valence electrons. The Hall–Kier alpha value is -6.89. The highest BCUT2D eigenvalue weighted by molar-refractivity contribution is 5.90. The summed E-state index contributed by atoms with van der Waals surface area (Å²) in [6.07, 6.45) is 0. The van der Waals surface area contributed by atoms with Crippen LogP contribution in [0.25, 0.3) is 61.0 Å². The minimum atomic E-state index is -0.545. The maximum Gasteiger partial charge on any atom is 0.187 e. The molecule has 1 aliphatic carbocycles. The van der Waals surface area contributed by atoms with Crippen LogP contribution in [0, 0.1) is 6.57 Å². The fraction of sp³-hybridized carbons (Fsp3) is 0.0208. The van der Waals surface area contributed by atoms with Gasteiger partial charge in [0.1, 0.15) is 0 Å². The van der Waals surface area contributed by atoms with Gasteiger partial charge in [-0.1, -0.05) is 176 Å². The molecule has 0 saturated heterocycles. The van der Waals surface area contributed by atoms with Gasteiger partial charge < -0.3 is 0 Å². The second kappa shape index (κ2) is 12.5. The van der Waals surface area contributed by atoms with Crippen molar-refractivity contribution in [1.82, 2.24) is 9.97 Å². The first-order chi connectivity index (χ1) is 25.2. The third kappa shape index (κ3) is 5.14. The molecule has 3 heteroatoms. The summed E-state index contributed by atoms with van der Waals surface area (Å²) in [5.74, 6) is 0.704. The van der Waals surface area contributed by atoms with Crippen LogP contribution >= 0.6 is 0 Å². The van der Waals surface area contributed by atoms with Crippen LogP contribution in [0.4, 0.5) is 5.69 Å². The Labute approximate surface area is 298 Å². The van der Waals surface area contributed by atoms with Crippen LogP contribution in [0.15, 0.2) is 188 Å². The molecular weight excluding hydrogens is 619 g/mol. The van der Waals surface area contributed by atoms with Crippen molar-refractivity contribution in [2.45, 2.75) is 5.41 Å². The second-order valence-corrected chi connectivity index (χ2v) is 12.9. The molecule has 3 nitrogen and oxygen atoms in total. The minimum Gasteiger partial charge on any atom is -0.238 e. The fourth-order valence-corrected chi connectivity index (χ4v) is 7.63. The summed E-state index contributed by atoms with van der Waals surface area (Å²) in [6.45, 7) is 7.86. The molecule has 0 saturated carbocycles. The quantitative estimate of drug-likeness (QED) is 0.168. The number of hydrogen-bond acceptors (Lipinski definition) is 2. The van der Waals surface area contributed by atoms with Crippen molar-refractivity contribution in [3.8, 4) is 56.2 Å². The number of rotatable bonds is 6. The Morgan fingerprint density at radius 1 is 0.392 bits per heavy atom. The number of fused-ring (bicyclic) bond motifs is 3. The molecule has 7 aromatic carbocycles. The van der Waals surface area contributed by atoms with Gasteiger partial charge in [0.2, 0.25) is 0 Å².